The molecule has 1 aliphatic rings. The maximum atomic E-state index is 13.8. The van der Waals surface area contributed by atoms with Gasteiger partial charge in [0.15, 0.2) is 16.3 Å². The lowest BCUT2D eigenvalue weighted by Gasteiger charge is -2.24. The second kappa shape index (κ2) is 10.4. The first-order valence-electron chi connectivity index (χ1n) is 11.4. The molecule has 0 N–H and O–H groups in total. The van der Waals surface area contributed by atoms with Crippen LogP contribution in [0.3, 0.4) is 0 Å². The number of fused-ring (bicyclic) bond motifs is 1. The van der Waals surface area contributed by atoms with Gasteiger partial charge in [0.05, 0.1) is 49.8 Å². The number of thiazole rings is 1. The second-order valence-corrected chi connectivity index (χ2v) is 9.18. The van der Waals surface area contributed by atoms with Gasteiger partial charge in [0.25, 0.3) is 5.56 Å². The minimum atomic E-state index is -0.650. The van der Waals surface area contributed by atoms with E-state index in [9.17, 15) is 9.59 Å². The van der Waals surface area contributed by atoms with Crippen LogP contribution in [-0.4, -0.2) is 38.5 Å². The Morgan fingerprint density at radius 2 is 1.69 bits per heavy atom. The fourth-order valence-corrected chi connectivity index (χ4v) is 5.24. The minimum absolute atomic E-state index is 0.224. The van der Waals surface area contributed by atoms with Crippen LogP contribution in [0.25, 0.3) is 6.08 Å². The molecule has 8 nitrogen and oxygen atoms in total. The van der Waals surface area contributed by atoms with Gasteiger partial charge in [-0.1, -0.05) is 41.2 Å². The zero-order valence-electron chi connectivity index (χ0n) is 21.1. The van der Waals surface area contributed by atoms with E-state index in [1.807, 2.05) is 31.2 Å². The highest BCUT2D eigenvalue weighted by atomic mass is 32.1. The lowest BCUT2D eigenvalue weighted by molar-refractivity contribution is -0.139. The number of rotatable bonds is 7. The Morgan fingerprint density at radius 1 is 1.06 bits per heavy atom. The molecule has 0 bridgehead atoms. The van der Waals surface area contributed by atoms with Crippen LogP contribution in [0.1, 0.15) is 36.6 Å². The molecule has 2 aromatic carbocycles. The average Bonchev–Trinajstić information content (AvgIpc) is 3.17. The summed E-state index contributed by atoms with van der Waals surface area (Å²) in [5.41, 5.74) is 3.20. The monoisotopic (exact) mass is 508 g/mol. The van der Waals surface area contributed by atoms with Gasteiger partial charge < -0.3 is 18.9 Å². The van der Waals surface area contributed by atoms with Gasteiger partial charge >= 0.3 is 5.97 Å². The van der Waals surface area contributed by atoms with Crippen LogP contribution < -0.4 is 29.1 Å². The minimum Gasteiger partial charge on any atom is -0.493 e. The molecular weight excluding hydrogens is 480 g/mol. The number of aryl methyl sites for hydroxylation is 1. The van der Waals surface area contributed by atoms with Crippen molar-refractivity contribution in [2.24, 2.45) is 4.99 Å². The summed E-state index contributed by atoms with van der Waals surface area (Å²) in [7, 11) is 4.61. The summed E-state index contributed by atoms with van der Waals surface area (Å²) in [5, 5.41) is 0. The van der Waals surface area contributed by atoms with Crippen LogP contribution in [0.5, 0.6) is 17.2 Å². The molecule has 188 valence electrons. The SMILES string of the molecule is CCOC(=O)C1=C(C)N=c2sc(=Cc3cc(OC)c(OC)c(OC)c3)c(=O)n2C1c1ccc(C)cc1. The van der Waals surface area contributed by atoms with E-state index in [-0.39, 0.29) is 12.2 Å². The second-order valence-electron chi connectivity index (χ2n) is 8.17. The van der Waals surface area contributed by atoms with Gasteiger partial charge in [-0.3, -0.25) is 9.36 Å². The van der Waals surface area contributed by atoms with Crippen molar-refractivity contribution >= 4 is 23.4 Å². The third kappa shape index (κ3) is 4.54. The number of benzene rings is 2. The van der Waals surface area contributed by atoms with Crippen molar-refractivity contribution in [1.82, 2.24) is 4.57 Å². The van der Waals surface area contributed by atoms with E-state index in [1.54, 1.807) is 36.6 Å². The van der Waals surface area contributed by atoms with Crippen LogP contribution in [0.15, 0.2) is 57.5 Å². The zero-order chi connectivity index (χ0) is 26.0. The van der Waals surface area contributed by atoms with Crippen molar-refractivity contribution in [3.63, 3.8) is 0 Å². The molecule has 3 aromatic rings. The molecule has 1 aromatic heterocycles. The Kier molecular flexibility index (Phi) is 7.30. The molecule has 4 rings (SSSR count). The topological polar surface area (TPSA) is 88.4 Å². The van der Waals surface area contributed by atoms with Crippen molar-refractivity contribution in [3.05, 3.63) is 84.0 Å². The van der Waals surface area contributed by atoms with Crippen molar-refractivity contribution in [1.29, 1.82) is 0 Å². The molecule has 0 amide bonds. The van der Waals surface area contributed by atoms with Crippen molar-refractivity contribution in [2.75, 3.05) is 27.9 Å². The first kappa shape index (κ1) is 25.2. The van der Waals surface area contributed by atoms with E-state index in [4.69, 9.17) is 18.9 Å². The highest BCUT2D eigenvalue weighted by Crippen LogP contribution is 2.38. The van der Waals surface area contributed by atoms with Gasteiger partial charge in [0.1, 0.15) is 0 Å². The van der Waals surface area contributed by atoms with E-state index in [0.717, 1.165) is 11.1 Å². The average molecular weight is 509 g/mol. The number of esters is 1. The Bertz CT molecular complexity index is 1490. The van der Waals surface area contributed by atoms with Gasteiger partial charge in [0, 0.05) is 0 Å². The quantitative estimate of drug-likeness (QED) is 0.456. The number of carbonyl (C=O) groups excluding carboxylic acids is 1. The van der Waals surface area contributed by atoms with Gasteiger partial charge in [-0.25, -0.2) is 9.79 Å². The van der Waals surface area contributed by atoms with E-state index in [0.29, 0.717) is 43.4 Å². The molecule has 1 aliphatic heterocycles. The van der Waals surface area contributed by atoms with E-state index in [1.165, 1.54) is 32.7 Å². The summed E-state index contributed by atoms with van der Waals surface area (Å²) in [5.74, 6) is 0.943. The summed E-state index contributed by atoms with van der Waals surface area (Å²) in [6, 6.07) is 10.7. The van der Waals surface area contributed by atoms with E-state index < -0.39 is 12.0 Å². The molecule has 1 atom stereocenters. The van der Waals surface area contributed by atoms with Gasteiger partial charge in [-0.2, -0.15) is 0 Å². The largest absolute Gasteiger partial charge is 0.493 e. The third-order valence-electron chi connectivity index (χ3n) is 5.89. The Labute approximate surface area is 212 Å². The zero-order valence-corrected chi connectivity index (χ0v) is 21.9. The van der Waals surface area contributed by atoms with Crippen molar-refractivity contribution in [3.8, 4) is 17.2 Å². The number of ether oxygens (including phenoxy) is 4. The van der Waals surface area contributed by atoms with Crippen molar-refractivity contribution in [2.45, 2.75) is 26.8 Å². The number of hydrogen-bond acceptors (Lipinski definition) is 8. The van der Waals surface area contributed by atoms with Gasteiger partial charge in [0.2, 0.25) is 5.75 Å². The molecule has 0 spiro atoms. The summed E-state index contributed by atoms with van der Waals surface area (Å²) in [4.78, 5) is 31.9. The van der Waals surface area contributed by atoms with E-state index in [2.05, 4.69) is 4.99 Å². The van der Waals surface area contributed by atoms with Crippen LogP contribution in [0, 0.1) is 6.92 Å². The maximum absolute atomic E-state index is 13.8. The van der Waals surface area contributed by atoms with Crippen LogP contribution in [0.2, 0.25) is 0 Å². The third-order valence-corrected chi connectivity index (χ3v) is 6.88. The Balaban J connectivity index is 1.94. The number of carbonyl (C=O) groups is 1. The molecule has 2 heterocycles. The Hall–Kier alpha value is -3.85. The molecule has 1 unspecified atom stereocenters. The van der Waals surface area contributed by atoms with Crippen LogP contribution in [0.4, 0.5) is 0 Å². The van der Waals surface area contributed by atoms with Crippen molar-refractivity contribution < 1.29 is 23.7 Å². The first-order chi connectivity index (χ1) is 17.3. The van der Waals surface area contributed by atoms with Gasteiger partial charge in [-0.05, 0) is 50.1 Å². The number of aromatic nitrogens is 1. The van der Waals surface area contributed by atoms with Crippen LogP contribution in [-0.2, 0) is 9.53 Å². The molecule has 0 radical (unpaired) electrons. The molecule has 0 fully saturated rings. The van der Waals surface area contributed by atoms with E-state index >= 15 is 0 Å². The standard InChI is InChI=1S/C27H28N2O6S/c1-7-35-26(31)22-16(3)28-27-29(23(22)18-10-8-15(2)9-11-18)25(30)21(36-27)14-17-12-19(32-4)24(34-6)20(13-17)33-5/h8-14,23H,7H2,1-6H3. The smallest absolute Gasteiger partial charge is 0.338 e. The highest BCUT2D eigenvalue weighted by Gasteiger charge is 2.33. The summed E-state index contributed by atoms with van der Waals surface area (Å²) >= 11 is 1.26. The lowest BCUT2D eigenvalue weighted by Crippen LogP contribution is -2.39. The fraction of sp³-hybridized carbons (Fsp3) is 0.296. The van der Waals surface area contributed by atoms with Gasteiger partial charge in [-0.15, -0.1) is 0 Å². The number of nitrogens with zero attached hydrogens (tertiary/aromatic N) is 2. The number of allylic oxidation sites excluding steroid dienone is 1. The fourth-order valence-electron chi connectivity index (χ4n) is 4.19. The lowest BCUT2D eigenvalue weighted by atomic mass is 9.95. The molecule has 0 aliphatic carbocycles. The normalized spacial score (nSPS) is 15.3. The number of methoxy groups -OCH3 is 3. The number of hydrogen-bond donors (Lipinski definition) is 0. The highest BCUT2D eigenvalue weighted by molar-refractivity contribution is 7.07. The predicted molar refractivity (Wildman–Crippen MR) is 138 cm³/mol. The summed E-state index contributed by atoms with van der Waals surface area (Å²) < 4.78 is 23.7. The molecule has 0 saturated carbocycles. The first-order valence-corrected chi connectivity index (χ1v) is 12.2. The van der Waals surface area contributed by atoms with Crippen LogP contribution >= 0.6 is 11.3 Å². The maximum Gasteiger partial charge on any atom is 0.338 e. The Morgan fingerprint density at radius 3 is 2.25 bits per heavy atom. The molecule has 9 heteroatoms. The summed E-state index contributed by atoms with van der Waals surface area (Å²) in [6.07, 6.45) is 1.75. The summed E-state index contributed by atoms with van der Waals surface area (Å²) in [6.45, 7) is 5.73. The molecule has 0 saturated heterocycles. The molecular formula is C27H28N2O6S. The molecule has 36 heavy (non-hydrogen) atoms. The predicted octanol–water partition coefficient (Wildman–Crippen LogP) is 3.13.